The van der Waals surface area contributed by atoms with Gasteiger partial charge in [-0.05, 0) is 72.1 Å². The maximum absolute atomic E-state index is 12.6. The summed E-state index contributed by atoms with van der Waals surface area (Å²) in [7, 11) is 0. The van der Waals surface area contributed by atoms with Crippen molar-refractivity contribution in [3.8, 4) is 6.07 Å². The van der Waals surface area contributed by atoms with E-state index in [4.69, 9.17) is 9.47 Å². The predicted molar refractivity (Wildman–Crippen MR) is 88.7 cm³/mol. The van der Waals surface area contributed by atoms with E-state index < -0.39 is 22.4 Å². The quantitative estimate of drug-likeness (QED) is 0.733. The molecule has 0 amide bonds. The highest BCUT2D eigenvalue weighted by molar-refractivity contribution is 5.82. The first-order chi connectivity index (χ1) is 10.9. The van der Waals surface area contributed by atoms with Crippen LogP contribution in [0.4, 0.5) is 0 Å². The standard InChI is InChI=1S/C19H29NO4/c1-7-18(5,6)15(21)23-14-9-13-8-12(14)10-19(13,11-20)16(22)24-17(2,3)4/h12-14H,7-10H2,1-6H3. The van der Waals surface area contributed by atoms with Crippen LogP contribution in [0.5, 0.6) is 0 Å². The van der Waals surface area contributed by atoms with Gasteiger partial charge in [-0.1, -0.05) is 6.92 Å². The number of rotatable bonds is 4. The molecule has 0 aromatic heterocycles. The van der Waals surface area contributed by atoms with Crippen molar-refractivity contribution in [2.45, 2.75) is 78.9 Å². The number of ether oxygens (including phenoxy) is 2. The Labute approximate surface area is 144 Å². The molecule has 2 aliphatic carbocycles. The lowest BCUT2D eigenvalue weighted by atomic mass is 9.73. The second-order valence-electron chi connectivity index (χ2n) is 8.90. The lowest BCUT2D eigenvalue weighted by Gasteiger charge is -2.35. The van der Waals surface area contributed by atoms with E-state index in [0.29, 0.717) is 19.3 Å². The van der Waals surface area contributed by atoms with E-state index in [0.717, 1.165) is 6.42 Å². The van der Waals surface area contributed by atoms with Crippen LogP contribution < -0.4 is 0 Å². The van der Waals surface area contributed by atoms with Gasteiger partial charge in [0.2, 0.25) is 0 Å². The topological polar surface area (TPSA) is 76.4 Å². The number of carbonyl (C=O) groups is 2. The van der Waals surface area contributed by atoms with Crippen LogP contribution in [0.2, 0.25) is 0 Å². The highest BCUT2D eigenvalue weighted by Crippen LogP contribution is 2.57. The highest BCUT2D eigenvalue weighted by Gasteiger charge is 2.62. The van der Waals surface area contributed by atoms with E-state index in [-0.39, 0.29) is 23.9 Å². The zero-order chi connectivity index (χ0) is 18.3. The van der Waals surface area contributed by atoms with E-state index in [1.807, 2.05) is 20.8 Å². The monoisotopic (exact) mass is 335 g/mol. The van der Waals surface area contributed by atoms with Crippen LogP contribution in [-0.4, -0.2) is 23.6 Å². The van der Waals surface area contributed by atoms with Gasteiger partial charge >= 0.3 is 11.9 Å². The number of hydrogen-bond acceptors (Lipinski definition) is 5. The van der Waals surface area contributed by atoms with Crippen LogP contribution in [0.25, 0.3) is 0 Å². The third-order valence-corrected chi connectivity index (χ3v) is 5.57. The smallest absolute Gasteiger partial charge is 0.327 e. The Morgan fingerprint density at radius 3 is 2.25 bits per heavy atom. The summed E-state index contributed by atoms with van der Waals surface area (Å²) in [6.45, 7) is 11.1. The number of fused-ring (bicyclic) bond motifs is 2. The molecular formula is C19H29NO4. The van der Waals surface area contributed by atoms with Crippen molar-refractivity contribution in [2.75, 3.05) is 0 Å². The van der Waals surface area contributed by atoms with Crippen molar-refractivity contribution >= 4 is 11.9 Å². The molecule has 2 fully saturated rings. The van der Waals surface area contributed by atoms with Crippen LogP contribution in [0, 0.1) is 34.0 Å². The zero-order valence-electron chi connectivity index (χ0n) is 15.6. The molecule has 2 saturated carbocycles. The molecule has 0 aromatic rings. The third kappa shape index (κ3) is 3.29. The molecule has 0 heterocycles. The summed E-state index contributed by atoms with van der Waals surface area (Å²) in [5.41, 5.74) is -2.19. The van der Waals surface area contributed by atoms with E-state index >= 15 is 0 Å². The summed E-state index contributed by atoms with van der Waals surface area (Å²) in [4.78, 5) is 24.9. The zero-order valence-corrected chi connectivity index (χ0v) is 15.6. The van der Waals surface area contributed by atoms with Crippen LogP contribution in [0.1, 0.15) is 67.2 Å². The molecule has 0 radical (unpaired) electrons. The summed E-state index contributed by atoms with van der Waals surface area (Å²) in [6.07, 6.45) is 2.28. The summed E-state index contributed by atoms with van der Waals surface area (Å²) < 4.78 is 11.2. The Balaban J connectivity index is 2.07. The van der Waals surface area contributed by atoms with Crippen molar-refractivity contribution < 1.29 is 19.1 Å². The van der Waals surface area contributed by atoms with Gasteiger partial charge in [0.05, 0.1) is 11.5 Å². The Morgan fingerprint density at radius 2 is 1.83 bits per heavy atom. The molecule has 0 N–H and O–H groups in total. The largest absolute Gasteiger partial charge is 0.462 e. The average Bonchev–Trinajstić information content (AvgIpc) is 3.03. The Kier molecular flexibility index (Phi) is 4.74. The van der Waals surface area contributed by atoms with Crippen molar-refractivity contribution in [3.05, 3.63) is 0 Å². The van der Waals surface area contributed by atoms with Crippen LogP contribution in [0.3, 0.4) is 0 Å². The van der Waals surface area contributed by atoms with Gasteiger partial charge in [0, 0.05) is 0 Å². The number of nitriles is 1. The fourth-order valence-electron chi connectivity index (χ4n) is 3.67. The van der Waals surface area contributed by atoms with Crippen LogP contribution >= 0.6 is 0 Å². The van der Waals surface area contributed by atoms with Gasteiger partial charge in [0.25, 0.3) is 0 Å². The summed E-state index contributed by atoms with van der Waals surface area (Å²) in [6, 6.07) is 2.23. The fourth-order valence-corrected chi connectivity index (χ4v) is 3.67. The minimum Gasteiger partial charge on any atom is -0.462 e. The molecule has 2 bridgehead atoms. The molecule has 4 atom stereocenters. The van der Waals surface area contributed by atoms with Crippen LogP contribution in [0.15, 0.2) is 0 Å². The van der Waals surface area contributed by atoms with Crippen molar-refractivity contribution in [1.29, 1.82) is 5.26 Å². The molecule has 0 spiro atoms. The Morgan fingerprint density at radius 1 is 1.21 bits per heavy atom. The van der Waals surface area contributed by atoms with E-state index in [1.54, 1.807) is 20.8 Å². The summed E-state index contributed by atoms with van der Waals surface area (Å²) in [5.74, 6) is -0.644. The Hall–Kier alpha value is -1.57. The van der Waals surface area contributed by atoms with Gasteiger partial charge in [0.15, 0.2) is 5.41 Å². The van der Waals surface area contributed by atoms with Gasteiger partial charge in [0.1, 0.15) is 11.7 Å². The molecule has 24 heavy (non-hydrogen) atoms. The predicted octanol–water partition coefficient (Wildman–Crippen LogP) is 3.62. The van der Waals surface area contributed by atoms with E-state index in [2.05, 4.69) is 6.07 Å². The fraction of sp³-hybridized carbons (Fsp3) is 0.842. The van der Waals surface area contributed by atoms with Gasteiger partial charge in [-0.15, -0.1) is 0 Å². The second-order valence-corrected chi connectivity index (χ2v) is 8.90. The first-order valence-corrected chi connectivity index (χ1v) is 8.81. The van der Waals surface area contributed by atoms with E-state index in [1.165, 1.54) is 0 Å². The first kappa shape index (κ1) is 18.8. The van der Waals surface area contributed by atoms with E-state index in [9.17, 15) is 14.9 Å². The maximum Gasteiger partial charge on any atom is 0.327 e. The van der Waals surface area contributed by atoms with Crippen LogP contribution in [-0.2, 0) is 19.1 Å². The molecule has 4 unspecified atom stereocenters. The molecule has 134 valence electrons. The number of carbonyl (C=O) groups excluding carboxylic acids is 2. The SMILES string of the molecule is CCC(C)(C)C(=O)OC1CC2CC1CC2(C#N)C(=O)OC(C)(C)C. The molecular weight excluding hydrogens is 306 g/mol. The first-order valence-electron chi connectivity index (χ1n) is 8.81. The molecule has 5 heteroatoms. The Bertz CT molecular complexity index is 569. The van der Waals surface area contributed by atoms with Gasteiger partial charge < -0.3 is 9.47 Å². The third-order valence-electron chi connectivity index (χ3n) is 5.57. The number of esters is 2. The van der Waals surface area contributed by atoms with Gasteiger partial charge in [-0.3, -0.25) is 9.59 Å². The van der Waals surface area contributed by atoms with Gasteiger partial charge in [-0.25, -0.2) is 0 Å². The second kappa shape index (κ2) is 6.06. The molecule has 2 rings (SSSR count). The van der Waals surface area contributed by atoms with Gasteiger partial charge in [-0.2, -0.15) is 5.26 Å². The highest BCUT2D eigenvalue weighted by atomic mass is 16.6. The number of hydrogen-bond donors (Lipinski definition) is 0. The minimum absolute atomic E-state index is 0.0683. The number of nitrogens with zero attached hydrogens (tertiary/aromatic N) is 1. The minimum atomic E-state index is -1.08. The molecule has 0 saturated heterocycles. The maximum atomic E-state index is 12.6. The lowest BCUT2D eigenvalue weighted by Crippen LogP contribution is -2.43. The average molecular weight is 335 g/mol. The summed E-state index contributed by atoms with van der Waals surface area (Å²) >= 11 is 0. The molecule has 0 aromatic carbocycles. The summed E-state index contributed by atoms with van der Waals surface area (Å²) in [5, 5.41) is 9.68. The molecule has 2 aliphatic rings. The lowest BCUT2D eigenvalue weighted by molar-refractivity contribution is -0.171. The van der Waals surface area contributed by atoms with Crippen molar-refractivity contribution in [3.63, 3.8) is 0 Å². The van der Waals surface area contributed by atoms with Crippen molar-refractivity contribution in [2.24, 2.45) is 22.7 Å². The normalized spacial score (nSPS) is 32.3. The van der Waals surface area contributed by atoms with Crippen molar-refractivity contribution in [1.82, 2.24) is 0 Å². The molecule has 0 aliphatic heterocycles. The molecule has 5 nitrogen and oxygen atoms in total.